The van der Waals surface area contributed by atoms with Crippen LogP contribution in [-0.4, -0.2) is 20.9 Å². The number of carbonyl (C=O) groups excluding carboxylic acids is 1. The van der Waals surface area contributed by atoms with Gasteiger partial charge in [0, 0.05) is 24.7 Å². The molecule has 2 aromatic carbocycles. The average Bonchev–Trinajstić information content (AvgIpc) is 2.63. The second-order valence-corrected chi connectivity index (χ2v) is 7.96. The van der Waals surface area contributed by atoms with Gasteiger partial charge in [0.25, 0.3) is 0 Å². The second-order valence-electron chi connectivity index (χ2n) is 6.25. The van der Waals surface area contributed by atoms with Crippen molar-refractivity contribution in [3.05, 3.63) is 60.2 Å². The first-order valence-electron chi connectivity index (χ1n) is 8.45. The van der Waals surface area contributed by atoms with Crippen LogP contribution in [0.3, 0.4) is 0 Å². The van der Waals surface area contributed by atoms with Crippen LogP contribution in [0.15, 0.2) is 59.5 Å². The number of hydrogen-bond acceptors (Lipinski definition) is 3. The molecule has 0 bridgehead atoms. The third-order valence-corrected chi connectivity index (χ3v) is 5.97. The monoisotopic (exact) mass is 358 g/mol. The quantitative estimate of drug-likeness (QED) is 0.892. The number of piperidine rings is 1. The lowest BCUT2D eigenvalue weighted by Gasteiger charge is -2.26. The lowest BCUT2D eigenvalue weighted by atomic mass is 10.1. The molecule has 132 valence electrons. The number of benzene rings is 2. The van der Waals surface area contributed by atoms with Crippen molar-refractivity contribution in [3.63, 3.8) is 0 Å². The molecule has 0 aromatic heterocycles. The normalized spacial score (nSPS) is 16.7. The molecule has 0 saturated carbocycles. The highest BCUT2D eigenvalue weighted by Gasteiger charge is 2.22. The Bertz CT molecular complexity index is 833. The van der Waals surface area contributed by atoms with Gasteiger partial charge in [-0.2, -0.15) is 0 Å². The van der Waals surface area contributed by atoms with Crippen molar-refractivity contribution in [1.29, 1.82) is 0 Å². The number of sulfonamides is 1. The van der Waals surface area contributed by atoms with Gasteiger partial charge in [0.2, 0.25) is 15.9 Å². The highest BCUT2D eigenvalue weighted by molar-refractivity contribution is 7.89. The number of carbonyl (C=O) groups is 1. The van der Waals surface area contributed by atoms with Crippen LogP contribution < -0.4 is 9.62 Å². The van der Waals surface area contributed by atoms with Crippen molar-refractivity contribution in [3.8, 4) is 0 Å². The van der Waals surface area contributed by atoms with Gasteiger partial charge < -0.3 is 4.90 Å². The number of rotatable bonds is 5. The van der Waals surface area contributed by atoms with Crippen LogP contribution in [0.1, 0.15) is 37.8 Å². The zero-order valence-electron chi connectivity index (χ0n) is 14.2. The van der Waals surface area contributed by atoms with Gasteiger partial charge >= 0.3 is 0 Å². The Morgan fingerprint density at radius 1 is 1.00 bits per heavy atom. The summed E-state index contributed by atoms with van der Waals surface area (Å²) in [6, 6.07) is 15.6. The Labute approximate surface area is 148 Å². The van der Waals surface area contributed by atoms with E-state index in [0.29, 0.717) is 13.0 Å². The molecule has 2 aromatic rings. The summed E-state index contributed by atoms with van der Waals surface area (Å²) in [5.41, 5.74) is 1.65. The number of nitrogens with zero attached hydrogens (tertiary/aromatic N) is 1. The molecule has 1 aliphatic heterocycles. The van der Waals surface area contributed by atoms with Crippen LogP contribution in [0, 0.1) is 0 Å². The molecule has 6 heteroatoms. The predicted octanol–water partition coefficient (Wildman–Crippen LogP) is 3.24. The minimum atomic E-state index is -3.62. The number of nitrogens with one attached hydrogen (secondary N) is 1. The van der Waals surface area contributed by atoms with E-state index in [2.05, 4.69) is 4.72 Å². The number of anilines is 1. The van der Waals surface area contributed by atoms with Crippen molar-refractivity contribution >= 4 is 21.6 Å². The van der Waals surface area contributed by atoms with E-state index in [1.54, 1.807) is 29.2 Å². The molecular weight excluding hydrogens is 336 g/mol. The summed E-state index contributed by atoms with van der Waals surface area (Å²) < 4.78 is 27.8. The summed E-state index contributed by atoms with van der Waals surface area (Å²) in [5.74, 6) is 0.0951. The van der Waals surface area contributed by atoms with E-state index in [-0.39, 0.29) is 16.8 Å². The SMILES string of the molecule is CC(NS(=O)(=O)c1ccc(N2CCCCC2=O)cc1)c1ccccc1. The molecule has 1 heterocycles. The van der Waals surface area contributed by atoms with Crippen LogP contribution >= 0.6 is 0 Å². The average molecular weight is 358 g/mol. The van der Waals surface area contributed by atoms with Gasteiger partial charge in [-0.15, -0.1) is 0 Å². The maximum atomic E-state index is 12.6. The van der Waals surface area contributed by atoms with Crippen LogP contribution in [0.25, 0.3) is 0 Å². The maximum Gasteiger partial charge on any atom is 0.241 e. The van der Waals surface area contributed by atoms with Crippen molar-refractivity contribution in [2.24, 2.45) is 0 Å². The van der Waals surface area contributed by atoms with Gasteiger partial charge in [0.1, 0.15) is 0 Å². The minimum absolute atomic E-state index is 0.0951. The standard InChI is InChI=1S/C19H22N2O3S/c1-15(16-7-3-2-4-8-16)20-25(23,24)18-12-10-17(11-13-18)21-14-6-5-9-19(21)22/h2-4,7-8,10-13,15,20H,5-6,9,14H2,1H3. The van der Waals surface area contributed by atoms with E-state index in [0.717, 1.165) is 24.1 Å². The third kappa shape index (κ3) is 4.08. The van der Waals surface area contributed by atoms with Crippen LogP contribution in [-0.2, 0) is 14.8 Å². The van der Waals surface area contributed by atoms with Gasteiger partial charge in [0.05, 0.1) is 4.90 Å². The summed E-state index contributed by atoms with van der Waals surface area (Å²) >= 11 is 0. The first-order valence-corrected chi connectivity index (χ1v) is 9.93. The Kier molecular flexibility index (Phi) is 5.20. The summed E-state index contributed by atoms with van der Waals surface area (Å²) in [5, 5.41) is 0. The summed E-state index contributed by atoms with van der Waals surface area (Å²) in [6.45, 7) is 2.50. The van der Waals surface area contributed by atoms with Crippen molar-refractivity contribution in [1.82, 2.24) is 4.72 Å². The zero-order chi connectivity index (χ0) is 17.9. The fourth-order valence-electron chi connectivity index (χ4n) is 2.99. The maximum absolute atomic E-state index is 12.6. The lowest BCUT2D eigenvalue weighted by Crippen LogP contribution is -2.35. The van der Waals surface area contributed by atoms with E-state index in [4.69, 9.17) is 0 Å². The van der Waals surface area contributed by atoms with Crippen molar-refractivity contribution in [2.45, 2.75) is 37.1 Å². The van der Waals surface area contributed by atoms with Crippen molar-refractivity contribution < 1.29 is 13.2 Å². The number of amides is 1. The van der Waals surface area contributed by atoms with E-state index in [1.165, 1.54) is 0 Å². The van der Waals surface area contributed by atoms with E-state index in [9.17, 15) is 13.2 Å². The topological polar surface area (TPSA) is 66.5 Å². The fraction of sp³-hybridized carbons (Fsp3) is 0.316. The highest BCUT2D eigenvalue weighted by atomic mass is 32.2. The molecule has 25 heavy (non-hydrogen) atoms. The Balaban J connectivity index is 1.75. The van der Waals surface area contributed by atoms with E-state index >= 15 is 0 Å². The third-order valence-electron chi connectivity index (χ3n) is 4.41. The van der Waals surface area contributed by atoms with Crippen LogP contribution in [0.5, 0.6) is 0 Å². The first kappa shape index (κ1) is 17.6. The zero-order valence-corrected chi connectivity index (χ0v) is 15.0. The first-order chi connectivity index (χ1) is 12.0. The van der Waals surface area contributed by atoms with Crippen molar-refractivity contribution in [2.75, 3.05) is 11.4 Å². The van der Waals surface area contributed by atoms with E-state index < -0.39 is 10.0 Å². The second kappa shape index (κ2) is 7.37. The van der Waals surface area contributed by atoms with E-state index in [1.807, 2.05) is 37.3 Å². The molecule has 1 atom stereocenters. The summed E-state index contributed by atoms with van der Waals surface area (Å²) in [7, 11) is -3.62. The van der Waals surface area contributed by atoms with Gasteiger partial charge in [-0.05, 0) is 49.6 Å². The Hall–Kier alpha value is -2.18. The molecule has 1 N–H and O–H groups in total. The Morgan fingerprint density at radius 2 is 1.68 bits per heavy atom. The number of hydrogen-bond donors (Lipinski definition) is 1. The molecule has 1 amide bonds. The van der Waals surface area contributed by atoms with Crippen LogP contribution in [0.4, 0.5) is 5.69 Å². The molecule has 0 spiro atoms. The van der Waals surface area contributed by atoms with Crippen LogP contribution in [0.2, 0.25) is 0 Å². The largest absolute Gasteiger partial charge is 0.312 e. The van der Waals surface area contributed by atoms with Gasteiger partial charge in [-0.25, -0.2) is 13.1 Å². The lowest BCUT2D eigenvalue weighted by molar-refractivity contribution is -0.119. The smallest absolute Gasteiger partial charge is 0.241 e. The van der Waals surface area contributed by atoms with Gasteiger partial charge in [0.15, 0.2) is 0 Å². The molecule has 1 unspecified atom stereocenters. The summed E-state index contributed by atoms with van der Waals surface area (Å²) in [4.78, 5) is 13.9. The molecule has 0 aliphatic carbocycles. The Morgan fingerprint density at radius 3 is 2.32 bits per heavy atom. The molecule has 3 rings (SSSR count). The van der Waals surface area contributed by atoms with Gasteiger partial charge in [-0.1, -0.05) is 30.3 Å². The molecule has 1 saturated heterocycles. The molecule has 0 radical (unpaired) electrons. The predicted molar refractivity (Wildman–Crippen MR) is 97.8 cm³/mol. The molecule has 5 nitrogen and oxygen atoms in total. The molecule has 1 fully saturated rings. The molecule has 1 aliphatic rings. The minimum Gasteiger partial charge on any atom is -0.312 e. The summed E-state index contributed by atoms with van der Waals surface area (Å²) in [6.07, 6.45) is 2.45. The fourth-order valence-corrected chi connectivity index (χ4v) is 4.23. The van der Waals surface area contributed by atoms with Gasteiger partial charge in [-0.3, -0.25) is 4.79 Å². The highest BCUT2D eigenvalue weighted by Crippen LogP contribution is 2.23. The molecular formula is C19H22N2O3S.